The van der Waals surface area contributed by atoms with Gasteiger partial charge in [-0.1, -0.05) is 6.42 Å². The molecule has 0 fully saturated rings. The van der Waals surface area contributed by atoms with Gasteiger partial charge in [0.25, 0.3) is 0 Å². The normalized spacial score (nSPS) is 11.1. The smallest absolute Gasteiger partial charge is 0.203 e. The van der Waals surface area contributed by atoms with Crippen molar-refractivity contribution in [2.45, 2.75) is 26.2 Å². The lowest BCUT2D eigenvalue weighted by atomic mass is 10.2. The summed E-state index contributed by atoms with van der Waals surface area (Å²) in [5.74, 6) is 1.76. The van der Waals surface area contributed by atoms with Crippen LogP contribution in [-0.4, -0.2) is 39.7 Å². The van der Waals surface area contributed by atoms with E-state index in [2.05, 4.69) is 20.1 Å². The molecule has 0 atom stereocenters. The van der Waals surface area contributed by atoms with Crippen LogP contribution in [0, 0.1) is 6.92 Å². The van der Waals surface area contributed by atoms with Crippen LogP contribution in [0.25, 0.3) is 5.65 Å². The molecule has 0 aromatic carbocycles. The lowest BCUT2D eigenvalue weighted by Crippen LogP contribution is -2.20. The number of anilines is 1. The van der Waals surface area contributed by atoms with E-state index in [-0.39, 0.29) is 0 Å². The van der Waals surface area contributed by atoms with Gasteiger partial charge in [-0.3, -0.25) is 4.40 Å². The highest BCUT2D eigenvalue weighted by Gasteiger charge is 2.11. The topological polar surface area (TPSA) is 72.3 Å². The van der Waals surface area contributed by atoms with Crippen LogP contribution in [0.5, 0.6) is 0 Å². The highest BCUT2D eigenvalue weighted by Crippen LogP contribution is 2.16. The molecule has 0 amide bonds. The number of fused-ring (bicyclic) bond motifs is 1. The Hall–Kier alpha value is -1.69. The van der Waals surface area contributed by atoms with Crippen LogP contribution in [0.1, 0.15) is 25.1 Å². The molecule has 0 bridgehead atoms. The zero-order valence-corrected chi connectivity index (χ0v) is 11.0. The summed E-state index contributed by atoms with van der Waals surface area (Å²) in [7, 11) is 2.04. The number of aryl methyl sites for hydroxylation is 1. The minimum atomic E-state index is 0.765. The van der Waals surface area contributed by atoms with Crippen LogP contribution < -0.4 is 10.6 Å². The van der Waals surface area contributed by atoms with E-state index in [0.717, 1.165) is 49.6 Å². The quantitative estimate of drug-likeness (QED) is 0.772. The molecule has 2 rings (SSSR count). The number of unbranched alkanes of at least 4 members (excludes halogenated alkanes) is 2. The van der Waals surface area contributed by atoms with Gasteiger partial charge in [-0.05, 0) is 26.3 Å². The Morgan fingerprint density at radius 2 is 2.11 bits per heavy atom. The van der Waals surface area contributed by atoms with Gasteiger partial charge in [-0.2, -0.15) is 0 Å². The first-order chi connectivity index (χ1) is 8.74. The second-order valence-electron chi connectivity index (χ2n) is 4.46. The Labute approximate surface area is 107 Å². The Morgan fingerprint density at radius 3 is 2.89 bits per heavy atom. The minimum Gasteiger partial charge on any atom is -0.357 e. The summed E-state index contributed by atoms with van der Waals surface area (Å²) in [5.41, 5.74) is 6.30. The molecule has 2 heterocycles. The van der Waals surface area contributed by atoms with Gasteiger partial charge in [0, 0.05) is 26.0 Å². The van der Waals surface area contributed by atoms with Gasteiger partial charge in [0.15, 0.2) is 5.82 Å². The fourth-order valence-corrected chi connectivity index (χ4v) is 1.97. The van der Waals surface area contributed by atoms with Crippen molar-refractivity contribution in [3.05, 3.63) is 18.2 Å². The third-order valence-electron chi connectivity index (χ3n) is 3.04. The van der Waals surface area contributed by atoms with Crippen LogP contribution in [0.2, 0.25) is 0 Å². The maximum Gasteiger partial charge on any atom is 0.203 e. The molecule has 0 aliphatic heterocycles. The molecule has 2 N–H and O–H groups in total. The minimum absolute atomic E-state index is 0.765. The van der Waals surface area contributed by atoms with Crippen molar-refractivity contribution in [2.24, 2.45) is 5.73 Å². The first-order valence-corrected chi connectivity index (χ1v) is 6.31. The molecule has 0 saturated carbocycles. The monoisotopic (exact) mass is 248 g/mol. The third-order valence-corrected chi connectivity index (χ3v) is 3.04. The highest BCUT2D eigenvalue weighted by molar-refractivity contribution is 5.63. The van der Waals surface area contributed by atoms with E-state index in [0.29, 0.717) is 0 Å². The number of nitrogens with two attached hydrogens (primary N) is 1. The van der Waals surface area contributed by atoms with Crippen molar-refractivity contribution in [1.29, 1.82) is 0 Å². The summed E-state index contributed by atoms with van der Waals surface area (Å²) < 4.78 is 1.96. The summed E-state index contributed by atoms with van der Waals surface area (Å²) in [6.45, 7) is 3.66. The molecule has 18 heavy (non-hydrogen) atoms. The van der Waals surface area contributed by atoms with Gasteiger partial charge in [0.1, 0.15) is 5.82 Å². The Balaban J connectivity index is 2.10. The number of hydrogen-bond donors (Lipinski definition) is 1. The van der Waals surface area contributed by atoms with Crippen molar-refractivity contribution in [2.75, 3.05) is 25.0 Å². The van der Waals surface area contributed by atoms with Crippen molar-refractivity contribution in [3.8, 4) is 0 Å². The molecule has 6 heteroatoms. The molecular formula is C12H20N6. The van der Waals surface area contributed by atoms with Gasteiger partial charge in [0.2, 0.25) is 5.65 Å². The summed E-state index contributed by atoms with van der Waals surface area (Å²) in [4.78, 5) is 6.52. The molecule has 0 saturated heterocycles. The van der Waals surface area contributed by atoms with E-state index in [1.165, 1.54) is 0 Å². The fraction of sp³-hybridized carbons (Fsp3) is 0.583. The summed E-state index contributed by atoms with van der Waals surface area (Å²) in [6.07, 6.45) is 7.01. The van der Waals surface area contributed by atoms with E-state index < -0.39 is 0 Å². The van der Waals surface area contributed by atoms with Crippen molar-refractivity contribution < 1.29 is 0 Å². The van der Waals surface area contributed by atoms with E-state index in [1.807, 2.05) is 24.6 Å². The van der Waals surface area contributed by atoms with Gasteiger partial charge in [-0.15, -0.1) is 10.2 Å². The summed E-state index contributed by atoms with van der Waals surface area (Å²) in [5, 5.41) is 8.25. The standard InChI is InChI=1S/C12H20N6/c1-10-15-16-12-11(14-7-9-18(10)12)17(2)8-5-3-4-6-13/h7,9H,3-6,8,13H2,1-2H3. The summed E-state index contributed by atoms with van der Waals surface area (Å²) >= 11 is 0. The van der Waals surface area contributed by atoms with Crippen LogP contribution in [0.4, 0.5) is 5.82 Å². The first kappa shape index (κ1) is 12.8. The van der Waals surface area contributed by atoms with Crippen molar-refractivity contribution in [1.82, 2.24) is 19.6 Å². The van der Waals surface area contributed by atoms with Crippen molar-refractivity contribution in [3.63, 3.8) is 0 Å². The molecule has 6 nitrogen and oxygen atoms in total. The van der Waals surface area contributed by atoms with Gasteiger partial charge in [-0.25, -0.2) is 4.98 Å². The van der Waals surface area contributed by atoms with E-state index in [9.17, 15) is 0 Å². The molecule has 0 radical (unpaired) electrons. The van der Waals surface area contributed by atoms with Crippen LogP contribution in [0.3, 0.4) is 0 Å². The predicted octanol–water partition coefficient (Wildman–Crippen LogP) is 0.998. The van der Waals surface area contributed by atoms with E-state index in [4.69, 9.17) is 5.73 Å². The SMILES string of the molecule is Cc1nnc2c(N(C)CCCCCN)nccn12. The third kappa shape index (κ3) is 2.59. The van der Waals surface area contributed by atoms with Crippen LogP contribution in [-0.2, 0) is 0 Å². The van der Waals surface area contributed by atoms with E-state index >= 15 is 0 Å². The Morgan fingerprint density at radius 1 is 1.28 bits per heavy atom. The zero-order valence-electron chi connectivity index (χ0n) is 11.0. The number of rotatable bonds is 6. The largest absolute Gasteiger partial charge is 0.357 e. The van der Waals surface area contributed by atoms with Crippen molar-refractivity contribution >= 4 is 11.5 Å². The molecular weight excluding hydrogens is 228 g/mol. The lowest BCUT2D eigenvalue weighted by Gasteiger charge is -2.18. The zero-order chi connectivity index (χ0) is 13.0. The number of aromatic nitrogens is 4. The Bertz CT molecular complexity index is 506. The van der Waals surface area contributed by atoms with Gasteiger partial charge >= 0.3 is 0 Å². The number of nitrogens with zero attached hydrogens (tertiary/aromatic N) is 5. The molecule has 0 aliphatic carbocycles. The number of hydrogen-bond acceptors (Lipinski definition) is 5. The lowest BCUT2D eigenvalue weighted by molar-refractivity contribution is 0.676. The fourth-order valence-electron chi connectivity index (χ4n) is 1.97. The molecule has 2 aromatic rings. The maximum atomic E-state index is 5.49. The second kappa shape index (κ2) is 5.77. The summed E-state index contributed by atoms with van der Waals surface area (Å²) in [6, 6.07) is 0. The second-order valence-corrected chi connectivity index (χ2v) is 4.46. The molecule has 98 valence electrons. The first-order valence-electron chi connectivity index (χ1n) is 6.31. The molecule has 2 aromatic heterocycles. The van der Waals surface area contributed by atoms with Crippen LogP contribution in [0.15, 0.2) is 12.4 Å². The molecule has 0 spiro atoms. The Kier molecular flexibility index (Phi) is 4.09. The van der Waals surface area contributed by atoms with Gasteiger partial charge in [0.05, 0.1) is 0 Å². The highest BCUT2D eigenvalue weighted by atomic mass is 15.3. The maximum absolute atomic E-state index is 5.49. The average molecular weight is 248 g/mol. The predicted molar refractivity (Wildman–Crippen MR) is 71.7 cm³/mol. The van der Waals surface area contributed by atoms with Gasteiger partial charge < -0.3 is 10.6 Å². The van der Waals surface area contributed by atoms with E-state index in [1.54, 1.807) is 6.20 Å². The molecule has 0 aliphatic rings. The average Bonchev–Trinajstić information content (AvgIpc) is 2.76. The van der Waals surface area contributed by atoms with Crippen LogP contribution >= 0.6 is 0 Å². The molecule has 0 unspecified atom stereocenters.